The van der Waals surface area contributed by atoms with Crippen molar-refractivity contribution in [3.05, 3.63) is 22.4 Å². The van der Waals surface area contributed by atoms with Crippen LogP contribution >= 0.6 is 11.3 Å². The van der Waals surface area contributed by atoms with Crippen LogP contribution in [-0.4, -0.2) is 32.4 Å². The van der Waals surface area contributed by atoms with Crippen LogP contribution in [0, 0.1) is 0 Å². The van der Waals surface area contributed by atoms with Crippen LogP contribution in [0.5, 0.6) is 0 Å². The summed E-state index contributed by atoms with van der Waals surface area (Å²) in [6, 6.07) is 3.94. The average molecular weight is 263 g/mol. The lowest BCUT2D eigenvalue weighted by molar-refractivity contribution is 0.319. The smallest absolute Gasteiger partial charge is 0.213 e. The van der Waals surface area contributed by atoms with Crippen molar-refractivity contribution >= 4 is 21.4 Å². The molecule has 0 unspecified atom stereocenters. The predicted molar refractivity (Wildman–Crippen MR) is 66.2 cm³/mol. The molecule has 1 aromatic heterocycles. The molecule has 1 rings (SSSR count). The third kappa shape index (κ3) is 3.86. The minimum atomic E-state index is -3.35. The summed E-state index contributed by atoms with van der Waals surface area (Å²) in [5, 5.41) is 10.6. The van der Waals surface area contributed by atoms with E-state index in [1.165, 1.54) is 0 Å². The maximum absolute atomic E-state index is 11.4. The highest BCUT2D eigenvalue weighted by Gasteiger charge is 2.23. The number of sulfonamides is 1. The minimum absolute atomic E-state index is 0.226. The molecule has 1 aromatic rings. The van der Waals surface area contributed by atoms with Crippen molar-refractivity contribution in [2.75, 3.05) is 18.9 Å². The van der Waals surface area contributed by atoms with Gasteiger partial charge in [0.15, 0.2) is 0 Å². The van der Waals surface area contributed by atoms with Crippen LogP contribution in [0.2, 0.25) is 0 Å². The van der Waals surface area contributed by atoms with Gasteiger partial charge in [-0.2, -0.15) is 0 Å². The number of nitrogens with one attached hydrogen (secondary N) is 1. The van der Waals surface area contributed by atoms with Crippen LogP contribution in [0.3, 0.4) is 0 Å². The van der Waals surface area contributed by atoms with E-state index in [1.807, 2.05) is 31.4 Å². The van der Waals surface area contributed by atoms with Gasteiger partial charge >= 0.3 is 0 Å². The van der Waals surface area contributed by atoms with Gasteiger partial charge in [0.1, 0.15) is 0 Å². The fraction of sp³-hybridized carbons (Fsp3) is 0.600. The molecular weight excluding hydrogens is 246 g/mol. The van der Waals surface area contributed by atoms with E-state index in [1.54, 1.807) is 11.3 Å². The Labute approximate surface area is 100 Å². The van der Waals surface area contributed by atoms with Crippen molar-refractivity contribution in [2.45, 2.75) is 19.3 Å². The van der Waals surface area contributed by atoms with Gasteiger partial charge in [-0.15, -0.1) is 11.3 Å². The van der Waals surface area contributed by atoms with Gasteiger partial charge in [-0.05, 0) is 11.4 Å². The highest BCUT2D eigenvalue weighted by atomic mass is 32.2. The van der Waals surface area contributed by atoms with Crippen LogP contribution in [-0.2, 0) is 15.4 Å². The molecule has 16 heavy (non-hydrogen) atoms. The van der Waals surface area contributed by atoms with E-state index in [0.29, 0.717) is 6.54 Å². The van der Waals surface area contributed by atoms with E-state index >= 15 is 0 Å². The molecular formula is C10H17NO3S2. The first-order valence-corrected chi connectivity index (χ1v) is 7.53. The van der Waals surface area contributed by atoms with Gasteiger partial charge in [0.25, 0.3) is 0 Å². The molecule has 0 aliphatic rings. The minimum Gasteiger partial charge on any atom is -0.395 e. The number of hydrogen-bond donors (Lipinski definition) is 2. The Kier molecular flexibility index (Phi) is 4.49. The van der Waals surface area contributed by atoms with Crippen LogP contribution in [0.25, 0.3) is 0 Å². The molecule has 1 heterocycles. The zero-order valence-corrected chi connectivity index (χ0v) is 11.1. The lowest BCUT2D eigenvalue weighted by Gasteiger charge is -2.23. The standard InChI is InChI=1S/C10H17NO3S2/c1-10(2,9-4-3-6-15-9)8-11-16(13,14)7-5-12/h3-4,6,11-12H,5,7-8H2,1-2H3. The number of hydrogen-bond acceptors (Lipinski definition) is 4. The molecule has 4 nitrogen and oxygen atoms in total. The maximum atomic E-state index is 11.4. The van der Waals surface area contributed by atoms with Crippen molar-refractivity contribution in [2.24, 2.45) is 0 Å². The van der Waals surface area contributed by atoms with Gasteiger partial charge in [0, 0.05) is 16.8 Å². The summed E-state index contributed by atoms with van der Waals surface area (Å²) in [5.74, 6) is -0.243. The first-order chi connectivity index (χ1) is 7.37. The van der Waals surface area contributed by atoms with E-state index in [2.05, 4.69) is 4.72 Å². The summed E-state index contributed by atoms with van der Waals surface area (Å²) in [6.07, 6.45) is 0. The Balaban J connectivity index is 2.62. The predicted octanol–water partition coefficient (Wildman–Crippen LogP) is 0.937. The molecule has 2 N–H and O–H groups in total. The van der Waals surface area contributed by atoms with Crippen molar-refractivity contribution in [3.8, 4) is 0 Å². The number of aliphatic hydroxyl groups excluding tert-OH is 1. The fourth-order valence-electron chi connectivity index (χ4n) is 1.23. The molecule has 0 atom stereocenters. The zero-order valence-electron chi connectivity index (χ0n) is 9.43. The molecule has 0 saturated heterocycles. The molecule has 0 aliphatic heterocycles. The lowest BCUT2D eigenvalue weighted by Crippen LogP contribution is -2.37. The van der Waals surface area contributed by atoms with E-state index in [4.69, 9.17) is 5.11 Å². The third-order valence-corrected chi connectivity index (χ3v) is 4.82. The van der Waals surface area contributed by atoms with Gasteiger partial charge in [0.2, 0.25) is 10.0 Å². The van der Waals surface area contributed by atoms with Crippen molar-refractivity contribution in [3.63, 3.8) is 0 Å². The molecule has 92 valence electrons. The normalized spacial score (nSPS) is 12.9. The lowest BCUT2D eigenvalue weighted by atomic mass is 9.92. The van der Waals surface area contributed by atoms with E-state index in [0.717, 1.165) is 4.88 Å². The second-order valence-electron chi connectivity index (χ2n) is 4.22. The highest BCUT2D eigenvalue weighted by Crippen LogP contribution is 2.26. The molecule has 0 radical (unpaired) electrons. The Morgan fingerprint density at radius 3 is 2.69 bits per heavy atom. The van der Waals surface area contributed by atoms with Crippen LogP contribution in [0.1, 0.15) is 18.7 Å². The topological polar surface area (TPSA) is 66.4 Å². The molecule has 0 fully saturated rings. The Bertz CT molecular complexity index is 409. The summed E-state index contributed by atoms with van der Waals surface area (Å²) in [5.41, 5.74) is -0.226. The number of thiophene rings is 1. The largest absolute Gasteiger partial charge is 0.395 e. The van der Waals surface area contributed by atoms with Gasteiger partial charge in [-0.25, -0.2) is 13.1 Å². The van der Waals surface area contributed by atoms with Gasteiger partial charge in [-0.3, -0.25) is 0 Å². The van der Waals surface area contributed by atoms with E-state index in [-0.39, 0.29) is 17.8 Å². The molecule has 0 bridgehead atoms. The van der Waals surface area contributed by atoms with Crippen molar-refractivity contribution in [1.82, 2.24) is 4.72 Å². The first kappa shape index (κ1) is 13.6. The Morgan fingerprint density at radius 1 is 1.50 bits per heavy atom. The molecule has 0 spiro atoms. The second-order valence-corrected chi connectivity index (χ2v) is 7.10. The highest BCUT2D eigenvalue weighted by molar-refractivity contribution is 7.89. The van der Waals surface area contributed by atoms with Crippen molar-refractivity contribution in [1.29, 1.82) is 0 Å². The van der Waals surface area contributed by atoms with E-state index < -0.39 is 10.0 Å². The maximum Gasteiger partial charge on any atom is 0.213 e. The van der Waals surface area contributed by atoms with Gasteiger partial charge in [-0.1, -0.05) is 19.9 Å². The molecule has 0 aromatic carbocycles. The van der Waals surface area contributed by atoms with Crippen molar-refractivity contribution < 1.29 is 13.5 Å². The Morgan fingerprint density at radius 2 is 2.19 bits per heavy atom. The summed E-state index contributed by atoms with van der Waals surface area (Å²) < 4.78 is 25.3. The number of rotatable bonds is 6. The van der Waals surface area contributed by atoms with Crippen LogP contribution in [0.4, 0.5) is 0 Å². The summed E-state index contributed by atoms with van der Waals surface area (Å²) in [7, 11) is -3.35. The molecule has 0 amide bonds. The molecule has 0 saturated carbocycles. The van der Waals surface area contributed by atoms with E-state index in [9.17, 15) is 8.42 Å². The quantitative estimate of drug-likeness (QED) is 0.802. The average Bonchev–Trinajstić information content (AvgIpc) is 2.68. The third-order valence-electron chi connectivity index (χ3n) is 2.28. The monoisotopic (exact) mass is 263 g/mol. The second kappa shape index (κ2) is 5.27. The fourth-order valence-corrected chi connectivity index (χ4v) is 3.05. The zero-order chi connectivity index (χ0) is 12.2. The van der Waals surface area contributed by atoms with Crippen LogP contribution in [0.15, 0.2) is 17.5 Å². The molecule has 0 aliphatic carbocycles. The summed E-state index contributed by atoms with van der Waals surface area (Å²) >= 11 is 1.61. The van der Waals surface area contributed by atoms with Gasteiger partial charge < -0.3 is 5.11 Å². The summed E-state index contributed by atoms with van der Waals surface area (Å²) in [6.45, 7) is 3.96. The first-order valence-electron chi connectivity index (χ1n) is 4.99. The summed E-state index contributed by atoms with van der Waals surface area (Å²) in [4.78, 5) is 1.14. The Hall–Kier alpha value is -0.430. The SMILES string of the molecule is CC(C)(CNS(=O)(=O)CCO)c1cccs1. The van der Waals surface area contributed by atoms with Gasteiger partial charge in [0.05, 0.1) is 12.4 Å². The number of aliphatic hydroxyl groups is 1. The van der Waals surface area contributed by atoms with Crippen LogP contribution < -0.4 is 4.72 Å². The molecule has 6 heteroatoms.